The predicted molar refractivity (Wildman–Crippen MR) is 70.0 cm³/mol. The Morgan fingerprint density at radius 3 is 2.72 bits per heavy atom. The van der Waals surface area contributed by atoms with E-state index in [0.29, 0.717) is 11.3 Å². The molecule has 0 atom stereocenters. The third-order valence-corrected chi connectivity index (χ3v) is 4.06. The summed E-state index contributed by atoms with van der Waals surface area (Å²) in [4.78, 5) is 7.47. The quantitative estimate of drug-likeness (QED) is 0.831. The maximum Gasteiger partial charge on any atom is 0.169 e. The third kappa shape index (κ3) is 1.80. The minimum atomic E-state index is -0.476. The molecule has 0 amide bonds. The number of imidazole rings is 1. The molecule has 3 rings (SSSR count). The van der Waals surface area contributed by atoms with Gasteiger partial charge in [-0.2, -0.15) is 0 Å². The Labute approximate surface area is 110 Å². The van der Waals surface area contributed by atoms with Crippen LogP contribution >= 0.6 is 11.6 Å². The monoisotopic (exact) mass is 267 g/mol. The van der Waals surface area contributed by atoms with E-state index in [1.54, 1.807) is 6.07 Å². The molecule has 0 bridgehead atoms. The molecule has 3 nitrogen and oxygen atoms in total. The van der Waals surface area contributed by atoms with E-state index in [1.165, 1.54) is 12.5 Å². The molecule has 1 aromatic carbocycles. The van der Waals surface area contributed by atoms with Gasteiger partial charge in [-0.25, -0.2) is 9.37 Å². The van der Waals surface area contributed by atoms with E-state index in [-0.39, 0.29) is 10.5 Å². The molecule has 1 saturated carbocycles. The number of aromatic nitrogens is 2. The first-order valence-electron chi connectivity index (χ1n) is 6.23. The lowest BCUT2D eigenvalue weighted by atomic mass is 9.82. The zero-order valence-electron chi connectivity index (χ0n) is 9.97. The number of fused-ring (bicyclic) bond motifs is 1. The van der Waals surface area contributed by atoms with Crippen LogP contribution in [0.4, 0.5) is 4.39 Å². The van der Waals surface area contributed by atoms with Crippen LogP contribution in [-0.4, -0.2) is 9.97 Å². The summed E-state index contributed by atoms with van der Waals surface area (Å²) in [5.74, 6) is 0.203. The Morgan fingerprint density at radius 2 is 2.00 bits per heavy atom. The van der Waals surface area contributed by atoms with Crippen LogP contribution in [0.5, 0.6) is 0 Å². The first-order chi connectivity index (χ1) is 8.60. The van der Waals surface area contributed by atoms with E-state index in [9.17, 15) is 4.39 Å². The van der Waals surface area contributed by atoms with Gasteiger partial charge >= 0.3 is 0 Å². The van der Waals surface area contributed by atoms with Crippen molar-refractivity contribution in [3.63, 3.8) is 0 Å². The van der Waals surface area contributed by atoms with Crippen molar-refractivity contribution in [3.8, 4) is 0 Å². The van der Waals surface area contributed by atoms with E-state index in [1.807, 2.05) is 0 Å². The molecule has 18 heavy (non-hydrogen) atoms. The van der Waals surface area contributed by atoms with Gasteiger partial charge in [0.15, 0.2) is 5.82 Å². The fourth-order valence-electron chi connectivity index (χ4n) is 2.67. The summed E-state index contributed by atoms with van der Waals surface area (Å²) in [6.07, 6.45) is 5.18. The second-order valence-corrected chi connectivity index (χ2v) is 5.47. The van der Waals surface area contributed by atoms with Gasteiger partial charge in [0.1, 0.15) is 11.3 Å². The Morgan fingerprint density at radius 1 is 1.28 bits per heavy atom. The second-order valence-electron chi connectivity index (χ2n) is 5.06. The molecule has 0 spiro atoms. The molecule has 0 aliphatic heterocycles. The molecule has 0 radical (unpaired) electrons. The highest BCUT2D eigenvalue weighted by molar-refractivity contribution is 6.31. The Hall–Kier alpha value is -1.13. The number of hydrogen-bond acceptors (Lipinski definition) is 2. The zero-order chi connectivity index (χ0) is 12.8. The van der Waals surface area contributed by atoms with Crippen LogP contribution in [0.25, 0.3) is 11.0 Å². The Bertz CT molecular complexity index is 587. The Balaban J connectivity index is 2.10. The van der Waals surface area contributed by atoms with Gasteiger partial charge in [-0.05, 0) is 25.0 Å². The lowest BCUT2D eigenvalue weighted by Gasteiger charge is -2.31. The van der Waals surface area contributed by atoms with Gasteiger partial charge in [-0.15, -0.1) is 0 Å². The van der Waals surface area contributed by atoms with Crippen LogP contribution in [0.1, 0.15) is 37.9 Å². The number of nitrogens with zero attached hydrogens (tertiary/aromatic N) is 1. The van der Waals surface area contributed by atoms with Crippen molar-refractivity contribution < 1.29 is 4.39 Å². The SMILES string of the molecule is NC1(c2nc3c(F)c(Cl)ccc3[nH]2)CCCCC1. The second kappa shape index (κ2) is 4.21. The summed E-state index contributed by atoms with van der Waals surface area (Å²) in [6, 6.07) is 3.27. The molecule has 3 N–H and O–H groups in total. The highest BCUT2D eigenvalue weighted by Gasteiger charge is 2.32. The van der Waals surface area contributed by atoms with Gasteiger partial charge in [-0.3, -0.25) is 0 Å². The maximum atomic E-state index is 13.8. The number of H-pyrrole nitrogens is 1. The number of nitrogens with one attached hydrogen (secondary N) is 1. The lowest BCUT2D eigenvalue weighted by Crippen LogP contribution is -2.39. The lowest BCUT2D eigenvalue weighted by molar-refractivity contribution is 0.289. The third-order valence-electron chi connectivity index (χ3n) is 3.76. The highest BCUT2D eigenvalue weighted by Crippen LogP contribution is 2.34. The summed E-state index contributed by atoms with van der Waals surface area (Å²) < 4.78 is 13.8. The average Bonchev–Trinajstić information content (AvgIpc) is 2.80. The number of nitrogens with two attached hydrogens (primary N) is 1. The standard InChI is InChI=1S/C13H15ClFN3/c14-8-4-5-9-11(10(8)15)18-12(17-9)13(16)6-2-1-3-7-13/h4-5H,1-3,6-7,16H2,(H,17,18). The minimum Gasteiger partial charge on any atom is -0.340 e. The maximum absolute atomic E-state index is 13.8. The van der Waals surface area contributed by atoms with Crippen molar-refractivity contribution in [2.24, 2.45) is 5.73 Å². The first kappa shape index (κ1) is 11.9. The van der Waals surface area contributed by atoms with Gasteiger partial charge in [-0.1, -0.05) is 30.9 Å². The van der Waals surface area contributed by atoms with Crippen LogP contribution in [0, 0.1) is 5.82 Å². The van der Waals surface area contributed by atoms with E-state index in [4.69, 9.17) is 17.3 Å². The summed E-state index contributed by atoms with van der Waals surface area (Å²) in [5, 5.41) is 0.0928. The molecule has 2 aromatic rings. The van der Waals surface area contributed by atoms with Gasteiger partial charge in [0.25, 0.3) is 0 Å². The van der Waals surface area contributed by atoms with Gasteiger partial charge < -0.3 is 10.7 Å². The van der Waals surface area contributed by atoms with E-state index in [2.05, 4.69) is 9.97 Å². The van der Waals surface area contributed by atoms with Gasteiger partial charge in [0.05, 0.1) is 16.1 Å². The van der Waals surface area contributed by atoms with Crippen molar-refractivity contribution in [1.29, 1.82) is 0 Å². The zero-order valence-corrected chi connectivity index (χ0v) is 10.7. The molecule has 1 heterocycles. The van der Waals surface area contributed by atoms with Crippen molar-refractivity contribution >= 4 is 22.6 Å². The predicted octanol–water partition coefficient (Wildman–Crippen LogP) is 3.47. The van der Waals surface area contributed by atoms with Crippen molar-refractivity contribution in [3.05, 3.63) is 28.8 Å². The molecule has 0 unspecified atom stereocenters. The molecule has 0 saturated heterocycles. The molecular weight excluding hydrogens is 253 g/mol. The van der Waals surface area contributed by atoms with Crippen molar-refractivity contribution in [1.82, 2.24) is 9.97 Å². The number of rotatable bonds is 1. The summed E-state index contributed by atoms with van der Waals surface area (Å²) in [5.41, 5.74) is 6.87. The van der Waals surface area contributed by atoms with Crippen LogP contribution in [0.15, 0.2) is 12.1 Å². The van der Waals surface area contributed by atoms with E-state index < -0.39 is 11.4 Å². The van der Waals surface area contributed by atoms with Crippen LogP contribution < -0.4 is 5.73 Å². The number of hydrogen-bond donors (Lipinski definition) is 2. The molecule has 5 heteroatoms. The van der Waals surface area contributed by atoms with Crippen molar-refractivity contribution in [2.45, 2.75) is 37.6 Å². The molecule has 1 aromatic heterocycles. The summed E-state index contributed by atoms with van der Waals surface area (Å²) in [6.45, 7) is 0. The molecule has 1 aliphatic rings. The largest absolute Gasteiger partial charge is 0.340 e. The number of aromatic amines is 1. The van der Waals surface area contributed by atoms with Gasteiger partial charge in [0, 0.05) is 0 Å². The molecule has 1 aliphatic carbocycles. The first-order valence-corrected chi connectivity index (χ1v) is 6.61. The van der Waals surface area contributed by atoms with E-state index in [0.717, 1.165) is 25.7 Å². The van der Waals surface area contributed by atoms with Crippen LogP contribution in [0.2, 0.25) is 5.02 Å². The topological polar surface area (TPSA) is 54.7 Å². The van der Waals surface area contributed by atoms with Crippen LogP contribution in [-0.2, 0) is 5.54 Å². The average molecular weight is 268 g/mol. The highest BCUT2D eigenvalue weighted by atomic mass is 35.5. The number of benzene rings is 1. The fraction of sp³-hybridized carbons (Fsp3) is 0.462. The van der Waals surface area contributed by atoms with Gasteiger partial charge in [0.2, 0.25) is 0 Å². The molecular formula is C13H15ClFN3. The summed E-state index contributed by atoms with van der Waals surface area (Å²) in [7, 11) is 0. The number of halogens is 2. The van der Waals surface area contributed by atoms with Crippen molar-refractivity contribution in [2.75, 3.05) is 0 Å². The fourth-order valence-corrected chi connectivity index (χ4v) is 2.83. The Kier molecular flexibility index (Phi) is 2.79. The van der Waals surface area contributed by atoms with Crippen LogP contribution in [0.3, 0.4) is 0 Å². The molecule has 1 fully saturated rings. The molecule has 96 valence electrons. The van der Waals surface area contributed by atoms with E-state index >= 15 is 0 Å². The summed E-state index contributed by atoms with van der Waals surface area (Å²) >= 11 is 5.76. The smallest absolute Gasteiger partial charge is 0.169 e. The normalized spacial score (nSPS) is 19.3. The minimum absolute atomic E-state index is 0.0928.